The van der Waals surface area contributed by atoms with E-state index in [9.17, 15) is 14.4 Å². The first-order valence-corrected chi connectivity index (χ1v) is 9.46. The van der Waals surface area contributed by atoms with E-state index in [1.54, 1.807) is 62.6 Å². The Balaban J connectivity index is 2.11. The summed E-state index contributed by atoms with van der Waals surface area (Å²) >= 11 is 5.90. The minimum atomic E-state index is -0.509. The summed E-state index contributed by atoms with van der Waals surface area (Å²) in [5, 5.41) is 3.01. The van der Waals surface area contributed by atoms with E-state index in [0.717, 1.165) is 0 Å². The normalized spacial score (nSPS) is 10.2. The third kappa shape index (κ3) is 6.80. The molecule has 29 heavy (non-hydrogen) atoms. The zero-order chi connectivity index (χ0) is 21.2. The smallest absolute Gasteiger partial charge is 0.325 e. The Kier molecular flexibility index (Phi) is 8.48. The van der Waals surface area contributed by atoms with Crippen LogP contribution >= 0.6 is 11.6 Å². The van der Waals surface area contributed by atoms with E-state index in [1.807, 2.05) is 0 Å². The van der Waals surface area contributed by atoms with Crippen molar-refractivity contribution in [1.82, 2.24) is 5.32 Å². The van der Waals surface area contributed by atoms with Crippen molar-refractivity contribution in [2.45, 2.75) is 13.3 Å². The topological polar surface area (TPSA) is 84.9 Å². The summed E-state index contributed by atoms with van der Waals surface area (Å²) in [6.07, 6.45) is 0.0186. The van der Waals surface area contributed by atoms with Crippen LogP contribution in [0.25, 0.3) is 0 Å². The third-order valence-electron chi connectivity index (χ3n) is 4.02. The highest BCUT2D eigenvalue weighted by Gasteiger charge is 2.19. The summed E-state index contributed by atoms with van der Waals surface area (Å²) in [6, 6.07) is 13.5. The van der Waals surface area contributed by atoms with Crippen molar-refractivity contribution in [2.75, 3.05) is 31.7 Å². The zero-order valence-electron chi connectivity index (χ0n) is 16.3. The van der Waals surface area contributed by atoms with Crippen molar-refractivity contribution in [3.05, 3.63) is 59.1 Å². The summed E-state index contributed by atoms with van der Waals surface area (Å²) in [5.74, 6) is -0.490. The van der Waals surface area contributed by atoms with E-state index < -0.39 is 5.97 Å². The van der Waals surface area contributed by atoms with Gasteiger partial charge in [-0.05, 0) is 55.5 Å². The molecule has 2 aromatic rings. The molecule has 0 saturated heterocycles. The monoisotopic (exact) mass is 418 g/mol. The number of amides is 2. The van der Waals surface area contributed by atoms with Gasteiger partial charge in [0.15, 0.2) is 0 Å². The molecule has 0 aliphatic heterocycles. The Morgan fingerprint density at radius 2 is 1.69 bits per heavy atom. The SMILES string of the molecule is CCOC(=O)CNC(=O)CCN(C(=O)c1ccc(Cl)cc1)c1ccc(OC)cc1. The van der Waals surface area contributed by atoms with E-state index in [2.05, 4.69) is 5.32 Å². The lowest BCUT2D eigenvalue weighted by Crippen LogP contribution is -2.37. The van der Waals surface area contributed by atoms with Crippen molar-refractivity contribution < 1.29 is 23.9 Å². The average molecular weight is 419 g/mol. The molecule has 0 fully saturated rings. The van der Waals surface area contributed by atoms with Gasteiger partial charge in [0.05, 0.1) is 13.7 Å². The molecule has 154 valence electrons. The first-order chi connectivity index (χ1) is 13.9. The first kappa shape index (κ1) is 22.2. The van der Waals surface area contributed by atoms with Crippen LogP contribution in [0.15, 0.2) is 48.5 Å². The van der Waals surface area contributed by atoms with Crippen LogP contribution in [0, 0.1) is 0 Å². The number of halogens is 1. The molecule has 7 nitrogen and oxygen atoms in total. The van der Waals surface area contributed by atoms with Crippen LogP contribution in [-0.4, -0.2) is 44.6 Å². The maximum Gasteiger partial charge on any atom is 0.325 e. The van der Waals surface area contributed by atoms with Crippen LogP contribution in [0.5, 0.6) is 5.75 Å². The van der Waals surface area contributed by atoms with E-state index in [1.165, 1.54) is 4.90 Å². The number of hydrogen-bond acceptors (Lipinski definition) is 5. The van der Waals surface area contributed by atoms with Gasteiger partial charge in [0.1, 0.15) is 12.3 Å². The number of rotatable bonds is 9. The first-order valence-electron chi connectivity index (χ1n) is 9.08. The fourth-order valence-electron chi connectivity index (χ4n) is 2.54. The molecule has 0 atom stereocenters. The lowest BCUT2D eigenvalue weighted by molar-refractivity contribution is -0.143. The summed E-state index contributed by atoms with van der Waals surface area (Å²) in [5.41, 5.74) is 1.06. The standard InChI is InChI=1S/C21H23ClN2O5/c1-3-29-20(26)14-23-19(25)12-13-24(17-8-10-18(28-2)11-9-17)21(27)15-4-6-16(22)7-5-15/h4-11H,3,12-14H2,1-2H3,(H,23,25). The Morgan fingerprint density at radius 1 is 1.03 bits per heavy atom. The van der Waals surface area contributed by atoms with Gasteiger partial charge in [-0.1, -0.05) is 11.6 Å². The van der Waals surface area contributed by atoms with Crippen LogP contribution in [0.2, 0.25) is 5.02 Å². The van der Waals surface area contributed by atoms with Gasteiger partial charge < -0.3 is 19.7 Å². The minimum Gasteiger partial charge on any atom is -0.497 e. The lowest BCUT2D eigenvalue weighted by Gasteiger charge is -2.23. The van der Waals surface area contributed by atoms with Crippen LogP contribution in [-0.2, 0) is 14.3 Å². The lowest BCUT2D eigenvalue weighted by atomic mass is 10.1. The minimum absolute atomic E-state index is 0.0186. The fraction of sp³-hybridized carbons (Fsp3) is 0.286. The second-order valence-electron chi connectivity index (χ2n) is 5.99. The van der Waals surface area contributed by atoms with Gasteiger partial charge in [-0.15, -0.1) is 0 Å². The van der Waals surface area contributed by atoms with Gasteiger partial charge in [0.25, 0.3) is 5.91 Å². The second-order valence-corrected chi connectivity index (χ2v) is 6.43. The molecule has 0 aliphatic carbocycles. The number of ether oxygens (including phenoxy) is 2. The van der Waals surface area contributed by atoms with Crippen molar-refractivity contribution >= 4 is 35.1 Å². The van der Waals surface area contributed by atoms with Crippen LogP contribution in [0.4, 0.5) is 5.69 Å². The van der Waals surface area contributed by atoms with E-state index in [0.29, 0.717) is 22.0 Å². The molecule has 0 radical (unpaired) electrons. The van der Waals surface area contributed by atoms with E-state index >= 15 is 0 Å². The molecule has 0 bridgehead atoms. The summed E-state index contributed by atoms with van der Waals surface area (Å²) in [7, 11) is 1.56. The van der Waals surface area contributed by atoms with Gasteiger partial charge >= 0.3 is 5.97 Å². The Hall–Kier alpha value is -3.06. The van der Waals surface area contributed by atoms with Crippen LogP contribution < -0.4 is 15.0 Å². The summed E-state index contributed by atoms with van der Waals surface area (Å²) in [4.78, 5) is 38.0. The Morgan fingerprint density at radius 3 is 2.28 bits per heavy atom. The number of methoxy groups -OCH3 is 1. The van der Waals surface area contributed by atoms with E-state index in [4.69, 9.17) is 21.1 Å². The summed E-state index contributed by atoms with van der Waals surface area (Å²) < 4.78 is 9.93. The zero-order valence-corrected chi connectivity index (χ0v) is 17.1. The van der Waals surface area contributed by atoms with Crippen molar-refractivity contribution in [1.29, 1.82) is 0 Å². The van der Waals surface area contributed by atoms with Gasteiger partial charge in [-0.25, -0.2) is 0 Å². The van der Waals surface area contributed by atoms with Crippen molar-refractivity contribution in [2.24, 2.45) is 0 Å². The number of benzene rings is 2. The predicted octanol–water partition coefficient (Wildman–Crippen LogP) is 3.06. The molecule has 0 unspecified atom stereocenters. The molecular weight excluding hydrogens is 396 g/mol. The predicted molar refractivity (Wildman–Crippen MR) is 110 cm³/mol. The van der Waals surface area contributed by atoms with Crippen LogP contribution in [0.1, 0.15) is 23.7 Å². The molecule has 2 rings (SSSR count). The average Bonchev–Trinajstić information content (AvgIpc) is 2.73. The van der Waals surface area contributed by atoms with Gasteiger partial charge in [-0.2, -0.15) is 0 Å². The Labute approximate surface area is 174 Å². The highest BCUT2D eigenvalue weighted by Crippen LogP contribution is 2.22. The number of esters is 1. The molecule has 0 spiro atoms. The van der Waals surface area contributed by atoms with Gasteiger partial charge in [0, 0.05) is 29.2 Å². The number of carbonyl (C=O) groups is 3. The van der Waals surface area contributed by atoms with Gasteiger partial charge in [0.2, 0.25) is 5.91 Å². The molecule has 0 aromatic heterocycles. The molecule has 2 aromatic carbocycles. The fourth-order valence-corrected chi connectivity index (χ4v) is 2.67. The quantitative estimate of drug-likeness (QED) is 0.632. The van der Waals surface area contributed by atoms with Gasteiger partial charge in [-0.3, -0.25) is 14.4 Å². The third-order valence-corrected chi connectivity index (χ3v) is 4.27. The van der Waals surface area contributed by atoms with Crippen LogP contribution in [0.3, 0.4) is 0 Å². The second kappa shape index (κ2) is 11.1. The maximum absolute atomic E-state index is 13.0. The summed E-state index contributed by atoms with van der Waals surface area (Å²) in [6.45, 7) is 1.85. The molecular formula is C21H23ClN2O5. The molecule has 0 aliphatic rings. The highest BCUT2D eigenvalue weighted by molar-refractivity contribution is 6.30. The molecule has 2 amide bonds. The van der Waals surface area contributed by atoms with Crippen molar-refractivity contribution in [3.8, 4) is 5.75 Å². The van der Waals surface area contributed by atoms with E-state index in [-0.39, 0.29) is 37.9 Å². The number of nitrogens with zero attached hydrogens (tertiary/aromatic N) is 1. The number of carbonyl (C=O) groups excluding carboxylic acids is 3. The molecule has 0 heterocycles. The Bertz CT molecular complexity index is 837. The molecule has 8 heteroatoms. The number of hydrogen-bond donors (Lipinski definition) is 1. The highest BCUT2D eigenvalue weighted by atomic mass is 35.5. The molecule has 0 saturated carbocycles. The largest absolute Gasteiger partial charge is 0.497 e. The van der Waals surface area contributed by atoms with Crippen molar-refractivity contribution in [3.63, 3.8) is 0 Å². The number of anilines is 1. The molecule has 1 N–H and O–H groups in total. The number of nitrogens with one attached hydrogen (secondary N) is 1. The maximum atomic E-state index is 13.0.